The van der Waals surface area contributed by atoms with Crippen LogP contribution in [-0.2, 0) is 0 Å². The molecule has 0 saturated heterocycles. The van der Waals surface area contributed by atoms with Gasteiger partial charge in [-0.1, -0.05) is 0 Å². The molecule has 0 bridgehead atoms. The van der Waals surface area contributed by atoms with E-state index < -0.39 is 21.1 Å². The normalized spacial score (nSPS) is 9.88. The van der Waals surface area contributed by atoms with Crippen LogP contribution in [0.3, 0.4) is 0 Å². The van der Waals surface area contributed by atoms with Crippen LogP contribution in [0.5, 0.6) is 0 Å². The summed E-state index contributed by atoms with van der Waals surface area (Å²) < 4.78 is 0.0612. The molecule has 0 heterocycles. The monoisotopic (exact) mass is 330 g/mol. The van der Waals surface area contributed by atoms with Crippen LogP contribution in [0.2, 0.25) is 0 Å². The molecule has 0 unspecified atom stereocenters. The molecule has 0 spiro atoms. The third kappa shape index (κ3) is 3.27. The Hall–Kier alpha value is -1.42. The van der Waals surface area contributed by atoms with Gasteiger partial charge >= 0.3 is 110 Å². The first-order valence-electron chi connectivity index (χ1n) is 5.23. The molecule has 0 aliphatic rings. The summed E-state index contributed by atoms with van der Waals surface area (Å²) in [7, 11) is 0. The fourth-order valence-corrected chi connectivity index (χ4v) is 3.79. The van der Waals surface area contributed by atoms with E-state index in [0.717, 1.165) is 0 Å². The number of hydrogen-bond acceptors (Lipinski definition) is 2. The predicted molar refractivity (Wildman–Crippen MR) is 67.3 cm³/mol. The second-order valence-electron chi connectivity index (χ2n) is 3.52. The van der Waals surface area contributed by atoms with E-state index in [1.807, 2.05) is 36.4 Å². The van der Waals surface area contributed by atoms with Gasteiger partial charge in [0.05, 0.1) is 0 Å². The molecule has 0 amide bonds. The van der Waals surface area contributed by atoms with Gasteiger partial charge in [-0.25, -0.2) is 0 Å². The van der Waals surface area contributed by atoms with E-state index in [0.29, 0.717) is 11.1 Å². The van der Waals surface area contributed by atoms with Crippen molar-refractivity contribution in [1.82, 2.24) is 0 Å². The Bertz CT molecular complexity index is 471. The summed E-state index contributed by atoms with van der Waals surface area (Å²) in [5.74, 6) is 0. The first-order chi connectivity index (χ1) is 8.27. The third-order valence-corrected chi connectivity index (χ3v) is 5.24. The molecule has 0 atom stereocenters. The first-order valence-corrected chi connectivity index (χ1v) is 8.08. The molecule has 0 saturated carbocycles. The summed E-state index contributed by atoms with van der Waals surface area (Å²) in [4.78, 5) is 23.8. The molecule has 0 aromatic heterocycles. The standard InChI is InChI=1S/2C7H5O.Sn/c2*8-6-7-4-2-1-3-5-7;/h2*1-5H;. The van der Waals surface area contributed by atoms with Crippen LogP contribution in [0.25, 0.3) is 0 Å². The quantitative estimate of drug-likeness (QED) is 0.807. The molecule has 2 aromatic rings. The Morgan fingerprint density at radius 1 is 0.647 bits per heavy atom. The molecule has 3 heteroatoms. The second-order valence-corrected chi connectivity index (χ2v) is 6.82. The van der Waals surface area contributed by atoms with Gasteiger partial charge in [-0.2, -0.15) is 0 Å². The summed E-state index contributed by atoms with van der Waals surface area (Å²) in [5, 5.41) is 0. The van der Waals surface area contributed by atoms with Crippen molar-refractivity contribution in [2.75, 3.05) is 0 Å². The number of benzene rings is 2. The minimum atomic E-state index is -1.71. The van der Waals surface area contributed by atoms with Crippen LogP contribution >= 0.6 is 0 Å². The van der Waals surface area contributed by atoms with Gasteiger partial charge in [0.15, 0.2) is 0 Å². The van der Waals surface area contributed by atoms with Crippen LogP contribution < -0.4 is 0 Å². The maximum absolute atomic E-state index is 11.9. The summed E-state index contributed by atoms with van der Waals surface area (Å²) in [5.41, 5.74) is 1.31. The minimum absolute atomic E-state index is 0.0306. The summed E-state index contributed by atoms with van der Waals surface area (Å²) in [6, 6.07) is 18.1. The first kappa shape index (κ1) is 12.0. The molecule has 2 aromatic carbocycles. The molecule has 2 rings (SSSR count). The zero-order valence-corrected chi connectivity index (χ0v) is 11.9. The molecule has 17 heavy (non-hydrogen) atoms. The van der Waals surface area contributed by atoms with Gasteiger partial charge in [0.1, 0.15) is 0 Å². The van der Waals surface area contributed by atoms with Crippen molar-refractivity contribution in [1.29, 1.82) is 0 Å². The van der Waals surface area contributed by atoms with Crippen LogP contribution in [-0.4, -0.2) is 28.7 Å². The molecule has 2 nitrogen and oxygen atoms in total. The van der Waals surface area contributed by atoms with Crippen molar-refractivity contribution >= 4 is 28.7 Å². The van der Waals surface area contributed by atoms with Gasteiger partial charge in [-0.05, 0) is 0 Å². The van der Waals surface area contributed by atoms with Crippen molar-refractivity contribution in [3.63, 3.8) is 0 Å². The molecule has 0 aliphatic carbocycles. The number of rotatable bonds is 4. The Morgan fingerprint density at radius 2 is 1.00 bits per heavy atom. The van der Waals surface area contributed by atoms with E-state index in [2.05, 4.69) is 0 Å². The Kier molecular flexibility index (Phi) is 4.09. The van der Waals surface area contributed by atoms with Gasteiger partial charge in [-0.15, -0.1) is 0 Å². The summed E-state index contributed by atoms with van der Waals surface area (Å²) in [6.45, 7) is 0. The van der Waals surface area contributed by atoms with Crippen molar-refractivity contribution in [3.05, 3.63) is 71.8 Å². The molecule has 0 N–H and O–H groups in total. The third-order valence-electron chi connectivity index (χ3n) is 2.30. The van der Waals surface area contributed by atoms with Crippen molar-refractivity contribution in [2.45, 2.75) is 0 Å². The molecule has 0 aliphatic heterocycles. The van der Waals surface area contributed by atoms with Crippen LogP contribution in [0, 0.1) is 0 Å². The SMILES string of the molecule is O=[C]([Sn][C](=O)c1ccccc1)c1ccccc1. The number of carbonyl (C=O) groups excluding carboxylic acids is 2. The van der Waals surface area contributed by atoms with E-state index in [9.17, 15) is 9.59 Å². The topological polar surface area (TPSA) is 34.1 Å². The van der Waals surface area contributed by atoms with Gasteiger partial charge in [0.25, 0.3) is 0 Å². The van der Waals surface area contributed by atoms with E-state index in [-0.39, 0.29) is 7.60 Å². The van der Waals surface area contributed by atoms with E-state index in [4.69, 9.17) is 0 Å². The molecular weight excluding hydrogens is 319 g/mol. The van der Waals surface area contributed by atoms with Gasteiger partial charge in [0, 0.05) is 0 Å². The Labute approximate surface area is 110 Å². The van der Waals surface area contributed by atoms with Crippen molar-refractivity contribution in [3.8, 4) is 0 Å². The van der Waals surface area contributed by atoms with Crippen molar-refractivity contribution in [2.24, 2.45) is 0 Å². The van der Waals surface area contributed by atoms with Crippen LogP contribution in [0.1, 0.15) is 20.7 Å². The summed E-state index contributed by atoms with van der Waals surface area (Å²) >= 11 is -1.71. The second kappa shape index (κ2) is 5.77. The Balaban J connectivity index is 2.08. The zero-order chi connectivity index (χ0) is 12.1. The van der Waals surface area contributed by atoms with Gasteiger partial charge in [-0.3, -0.25) is 0 Å². The number of carbonyl (C=O) groups is 2. The average molecular weight is 329 g/mol. The molecule has 2 radical (unpaired) electrons. The average Bonchev–Trinajstić information content (AvgIpc) is 2.40. The van der Waals surface area contributed by atoms with Crippen LogP contribution in [0.15, 0.2) is 60.7 Å². The molecular formula is C14H10O2Sn. The van der Waals surface area contributed by atoms with Crippen LogP contribution in [0.4, 0.5) is 0 Å². The molecule has 82 valence electrons. The van der Waals surface area contributed by atoms with Gasteiger partial charge < -0.3 is 0 Å². The van der Waals surface area contributed by atoms with E-state index in [1.165, 1.54) is 0 Å². The van der Waals surface area contributed by atoms with Crippen molar-refractivity contribution < 1.29 is 9.59 Å². The van der Waals surface area contributed by atoms with Gasteiger partial charge in [0.2, 0.25) is 0 Å². The van der Waals surface area contributed by atoms with E-state index in [1.54, 1.807) is 24.3 Å². The Morgan fingerprint density at radius 3 is 1.35 bits per heavy atom. The summed E-state index contributed by atoms with van der Waals surface area (Å²) in [6.07, 6.45) is 0. The van der Waals surface area contributed by atoms with E-state index >= 15 is 0 Å². The zero-order valence-electron chi connectivity index (χ0n) is 9.09. The fraction of sp³-hybridized carbons (Fsp3) is 0. The maximum atomic E-state index is 11.9. The predicted octanol–water partition coefficient (Wildman–Crippen LogP) is 2.37. The fourth-order valence-electron chi connectivity index (χ4n) is 1.43. The molecule has 0 fully saturated rings. The number of hydrogen-bond donors (Lipinski definition) is 0.